The number of piperazine rings is 1. The van der Waals surface area contributed by atoms with Crippen molar-refractivity contribution < 1.29 is 18.4 Å². The number of anilines is 1. The van der Waals surface area contributed by atoms with Gasteiger partial charge in [-0.1, -0.05) is 0 Å². The number of amides is 3. The molecule has 3 amide bonds. The molecule has 1 fully saturated rings. The average molecular weight is 314 g/mol. The Kier molecular flexibility index (Phi) is 4.74. The smallest absolute Gasteiger partial charge is 0.322 e. The van der Waals surface area contributed by atoms with Crippen LogP contribution in [0, 0.1) is 5.82 Å². The molecule has 1 aromatic heterocycles. The molecule has 9 heteroatoms. The first kappa shape index (κ1) is 15.9. The van der Waals surface area contributed by atoms with Gasteiger partial charge >= 0.3 is 6.03 Å². The maximum absolute atomic E-state index is 13.5. The van der Waals surface area contributed by atoms with Gasteiger partial charge in [0.05, 0.1) is 12.2 Å². The second-order valence-electron chi connectivity index (χ2n) is 4.93. The van der Waals surface area contributed by atoms with Crippen LogP contribution < -0.4 is 10.9 Å². The molecule has 0 aromatic carbocycles. The molecule has 0 aliphatic carbocycles. The van der Waals surface area contributed by atoms with Crippen LogP contribution in [0.2, 0.25) is 0 Å². The molecule has 22 heavy (non-hydrogen) atoms. The molecule has 1 aliphatic heterocycles. The van der Waals surface area contributed by atoms with Crippen molar-refractivity contribution in [1.29, 1.82) is 0 Å². The van der Waals surface area contributed by atoms with Gasteiger partial charge in [-0.25, -0.2) is 13.6 Å². The van der Waals surface area contributed by atoms with Gasteiger partial charge in [0.25, 0.3) is 5.56 Å². The fraction of sp³-hybridized carbons (Fsp3) is 0.462. The normalized spacial score (nSPS) is 15.1. The van der Waals surface area contributed by atoms with Crippen molar-refractivity contribution in [3.8, 4) is 0 Å². The van der Waals surface area contributed by atoms with Gasteiger partial charge < -0.3 is 19.7 Å². The van der Waals surface area contributed by atoms with E-state index in [0.717, 1.165) is 10.6 Å². The van der Waals surface area contributed by atoms with Gasteiger partial charge in [0, 0.05) is 32.4 Å². The van der Waals surface area contributed by atoms with Gasteiger partial charge in [0.2, 0.25) is 5.91 Å². The van der Waals surface area contributed by atoms with Gasteiger partial charge in [0.15, 0.2) is 5.82 Å². The van der Waals surface area contributed by atoms with E-state index < -0.39 is 24.1 Å². The zero-order chi connectivity index (χ0) is 16.3. The van der Waals surface area contributed by atoms with Crippen molar-refractivity contribution in [2.75, 3.05) is 38.7 Å². The van der Waals surface area contributed by atoms with Crippen molar-refractivity contribution >= 4 is 17.6 Å². The minimum atomic E-state index is -1.08. The number of halogens is 2. The van der Waals surface area contributed by atoms with E-state index in [-0.39, 0.29) is 24.7 Å². The lowest BCUT2D eigenvalue weighted by molar-refractivity contribution is -0.133. The number of hydrogen-bond acceptors (Lipinski definition) is 3. The quantitative estimate of drug-likeness (QED) is 0.870. The summed E-state index contributed by atoms with van der Waals surface area (Å²) in [5, 5.41) is 2.41. The van der Waals surface area contributed by atoms with Crippen molar-refractivity contribution in [3.05, 3.63) is 28.4 Å². The van der Waals surface area contributed by atoms with Crippen molar-refractivity contribution in [2.24, 2.45) is 0 Å². The average Bonchev–Trinajstić information content (AvgIpc) is 2.47. The third-order valence-electron chi connectivity index (χ3n) is 3.36. The first-order valence-electron chi connectivity index (χ1n) is 6.68. The number of hydrogen-bond donors (Lipinski definition) is 1. The second kappa shape index (κ2) is 6.54. The molecule has 0 saturated carbocycles. The molecule has 1 aromatic rings. The predicted molar refractivity (Wildman–Crippen MR) is 74.9 cm³/mol. The van der Waals surface area contributed by atoms with Crippen LogP contribution >= 0.6 is 0 Å². The topological polar surface area (TPSA) is 74.7 Å². The molecule has 0 radical (unpaired) electrons. The second-order valence-corrected chi connectivity index (χ2v) is 4.93. The molecule has 0 bridgehead atoms. The number of likely N-dealkylation sites (N-methyl/N-ethyl adjacent to an activating group) is 1. The Labute approximate surface area is 125 Å². The summed E-state index contributed by atoms with van der Waals surface area (Å²) in [7, 11) is 1.64. The first-order valence-corrected chi connectivity index (χ1v) is 6.68. The SMILES string of the molecule is CN1CCN(C(=O)Nc2cc(F)c(=O)n(CCF)c2)CC1=O. The molecule has 2 heterocycles. The van der Waals surface area contributed by atoms with Gasteiger partial charge in [-0.2, -0.15) is 0 Å². The molecule has 1 saturated heterocycles. The molecular weight excluding hydrogens is 298 g/mol. The number of aryl methyl sites for hydroxylation is 1. The highest BCUT2D eigenvalue weighted by molar-refractivity contribution is 5.92. The number of carbonyl (C=O) groups is 2. The van der Waals surface area contributed by atoms with Crippen molar-refractivity contribution in [2.45, 2.75) is 6.54 Å². The molecule has 120 valence electrons. The van der Waals surface area contributed by atoms with Crippen molar-refractivity contribution in [1.82, 2.24) is 14.4 Å². The maximum Gasteiger partial charge on any atom is 0.322 e. The number of aromatic nitrogens is 1. The number of nitrogens with one attached hydrogen (secondary N) is 1. The molecule has 7 nitrogen and oxygen atoms in total. The van der Waals surface area contributed by atoms with Crippen LogP contribution in [0.25, 0.3) is 0 Å². The van der Waals surface area contributed by atoms with Crippen LogP contribution in [0.15, 0.2) is 17.1 Å². The summed E-state index contributed by atoms with van der Waals surface area (Å²) >= 11 is 0. The maximum atomic E-state index is 13.5. The molecule has 0 unspecified atom stereocenters. The van der Waals surface area contributed by atoms with E-state index in [2.05, 4.69) is 5.32 Å². The van der Waals surface area contributed by atoms with Gasteiger partial charge in [-0.3, -0.25) is 9.59 Å². The van der Waals surface area contributed by atoms with Crippen molar-refractivity contribution in [3.63, 3.8) is 0 Å². The van der Waals surface area contributed by atoms with Crippen LogP contribution in [0.1, 0.15) is 0 Å². The highest BCUT2D eigenvalue weighted by Crippen LogP contribution is 2.09. The lowest BCUT2D eigenvalue weighted by atomic mass is 10.3. The summed E-state index contributed by atoms with van der Waals surface area (Å²) in [6.07, 6.45) is 1.17. The standard InChI is InChI=1S/C13H16F2N4O3/c1-17-4-5-19(8-11(17)20)13(22)16-9-6-10(15)12(21)18(7-9)3-2-14/h6-7H,2-5,8H2,1H3,(H,16,22). The minimum Gasteiger partial charge on any atom is -0.342 e. The fourth-order valence-electron chi connectivity index (χ4n) is 2.06. The molecule has 2 rings (SSSR count). The van der Waals surface area contributed by atoms with E-state index in [9.17, 15) is 23.2 Å². The molecule has 1 N–H and O–H groups in total. The Morgan fingerprint density at radius 2 is 2.09 bits per heavy atom. The highest BCUT2D eigenvalue weighted by Gasteiger charge is 2.25. The lowest BCUT2D eigenvalue weighted by Gasteiger charge is -2.31. The van der Waals surface area contributed by atoms with E-state index in [1.807, 2.05) is 0 Å². The van der Waals surface area contributed by atoms with Crippen LogP contribution in [0.3, 0.4) is 0 Å². The van der Waals surface area contributed by atoms with Gasteiger partial charge in [0.1, 0.15) is 13.2 Å². The summed E-state index contributed by atoms with van der Waals surface area (Å²) in [6, 6.07) is 0.290. The zero-order valence-electron chi connectivity index (χ0n) is 12.0. The van der Waals surface area contributed by atoms with Crippen LogP contribution in [0.5, 0.6) is 0 Å². The van der Waals surface area contributed by atoms with E-state index in [4.69, 9.17) is 0 Å². The predicted octanol–water partition coefficient (Wildman–Crippen LogP) is 0.263. The third kappa shape index (κ3) is 3.41. The number of carbonyl (C=O) groups excluding carboxylic acids is 2. The molecular formula is C13H16F2N4O3. The lowest BCUT2D eigenvalue weighted by Crippen LogP contribution is -2.51. The third-order valence-corrected chi connectivity index (χ3v) is 3.36. The largest absolute Gasteiger partial charge is 0.342 e. The number of nitrogens with zero attached hydrogens (tertiary/aromatic N) is 3. The summed E-state index contributed by atoms with van der Waals surface area (Å²) in [5.41, 5.74) is -0.924. The Morgan fingerprint density at radius 1 is 1.36 bits per heavy atom. The van der Waals surface area contributed by atoms with E-state index >= 15 is 0 Å². The monoisotopic (exact) mass is 314 g/mol. The summed E-state index contributed by atoms with van der Waals surface area (Å²) in [6.45, 7) is -0.451. The van der Waals surface area contributed by atoms with E-state index in [0.29, 0.717) is 13.1 Å². The van der Waals surface area contributed by atoms with Crippen LogP contribution in [0.4, 0.5) is 19.3 Å². The zero-order valence-corrected chi connectivity index (χ0v) is 12.0. The molecule has 0 atom stereocenters. The first-order chi connectivity index (χ1) is 10.4. The Bertz CT molecular complexity index is 647. The fourth-order valence-corrected chi connectivity index (χ4v) is 2.06. The van der Waals surface area contributed by atoms with Crippen LogP contribution in [-0.4, -0.2) is 59.7 Å². The van der Waals surface area contributed by atoms with E-state index in [1.165, 1.54) is 16.0 Å². The minimum absolute atomic E-state index is 0.0296. The molecule has 0 spiro atoms. The number of rotatable bonds is 3. The Morgan fingerprint density at radius 3 is 2.73 bits per heavy atom. The summed E-state index contributed by atoms with van der Waals surface area (Å²) in [5.74, 6) is -1.28. The van der Waals surface area contributed by atoms with E-state index in [1.54, 1.807) is 7.05 Å². The number of pyridine rings is 1. The summed E-state index contributed by atoms with van der Waals surface area (Å²) in [4.78, 5) is 37.8. The highest BCUT2D eigenvalue weighted by atomic mass is 19.1. The Balaban J connectivity index is 2.11. The summed E-state index contributed by atoms with van der Waals surface area (Å²) < 4.78 is 26.7. The number of alkyl halides is 1. The van der Waals surface area contributed by atoms with Gasteiger partial charge in [-0.05, 0) is 0 Å². The van der Waals surface area contributed by atoms with Gasteiger partial charge in [-0.15, -0.1) is 0 Å². The number of urea groups is 1. The molecule has 1 aliphatic rings. The van der Waals surface area contributed by atoms with Crippen LogP contribution in [-0.2, 0) is 11.3 Å². The Hall–Kier alpha value is -2.45.